The molecule has 1 aliphatic heterocycles. The van der Waals surface area contributed by atoms with E-state index in [1.165, 1.54) is 0 Å². The van der Waals surface area contributed by atoms with Gasteiger partial charge in [-0.15, -0.1) is 12.4 Å². The third-order valence-electron chi connectivity index (χ3n) is 3.40. The van der Waals surface area contributed by atoms with Crippen molar-refractivity contribution in [1.29, 1.82) is 0 Å². The first-order valence-electron chi connectivity index (χ1n) is 6.67. The van der Waals surface area contributed by atoms with E-state index in [9.17, 15) is 9.59 Å². The fourth-order valence-corrected chi connectivity index (χ4v) is 2.01. The minimum absolute atomic E-state index is 0. The number of nitrogens with zero attached hydrogens (tertiary/aromatic N) is 2. The highest BCUT2D eigenvalue weighted by Crippen LogP contribution is 2.10. The minimum Gasteiger partial charge on any atom is -0.339 e. The highest BCUT2D eigenvalue weighted by atomic mass is 35.5. The molecule has 0 bridgehead atoms. The van der Waals surface area contributed by atoms with Gasteiger partial charge in [-0.2, -0.15) is 0 Å². The van der Waals surface area contributed by atoms with Gasteiger partial charge < -0.3 is 15.5 Å². The predicted octanol–water partition coefficient (Wildman–Crippen LogP) is 0.718. The largest absolute Gasteiger partial charge is 0.339 e. The fraction of sp³-hybridized carbons (Fsp3) is 0.846. The van der Waals surface area contributed by atoms with Gasteiger partial charge in [-0.3, -0.25) is 9.59 Å². The molecule has 0 saturated carbocycles. The monoisotopic (exact) mass is 291 g/mol. The van der Waals surface area contributed by atoms with E-state index in [-0.39, 0.29) is 36.1 Å². The lowest BCUT2D eigenvalue weighted by molar-refractivity contribution is -0.142. The lowest BCUT2D eigenvalue weighted by Gasteiger charge is -2.37. The van der Waals surface area contributed by atoms with Crippen molar-refractivity contribution in [2.24, 2.45) is 17.6 Å². The smallest absolute Gasteiger partial charge is 0.239 e. The first-order chi connectivity index (χ1) is 8.34. The van der Waals surface area contributed by atoms with Gasteiger partial charge in [-0.05, 0) is 5.92 Å². The molecule has 0 aromatic rings. The number of hydrogen-bond donors (Lipinski definition) is 1. The van der Waals surface area contributed by atoms with E-state index in [1.54, 1.807) is 4.90 Å². The van der Waals surface area contributed by atoms with Crippen LogP contribution in [-0.4, -0.2) is 53.8 Å². The van der Waals surface area contributed by atoms with Gasteiger partial charge in [0.25, 0.3) is 0 Å². The van der Waals surface area contributed by atoms with Crippen molar-refractivity contribution in [3.8, 4) is 0 Å². The van der Waals surface area contributed by atoms with E-state index in [0.717, 1.165) is 0 Å². The lowest BCUT2D eigenvalue weighted by atomic mass is 10.0. The molecule has 0 radical (unpaired) electrons. The summed E-state index contributed by atoms with van der Waals surface area (Å²) >= 11 is 0. The predicted molar refractivity (Wildman–Crippen MR) is 78.1 cm³/mol. The minimum atomic E-state index is -0.433. The molecule has 19 heavy (non-hydrogen) atoms. The molecule has 1 saturated heterocycles. The van der Waals surface area contributed by atoms with Crippen molar-refractivity contribution in [3.05, 3.63) is 0 Å². The van der Waals surface area contributed by atoms with Crippen LogP contribution < -0.4 is 5.73 Å². The Morgan fingerprint density at radius 3 is 1.58 bits per heavy atom. The Bertz CT molecular complexity index is 313. The Balaban J connectivity index is 0.00000324. The Labute approximate surface area is 121 Å². The summed E-state index contributed by atoms with van der Waals surface area (Å²) in [6, 6.07) is -0.433. The van der Waals surface area contributed by atoms with Crippen molar-refractivity contribution >= 4 is 24.2 Å². The van der Waals surface area contributed by atoms with Gasteiger partial charge in [-0.1, -0.05) is 27.7 Å². The van der Waals surface area contributed by atoms with Crippen LogP contribution in [0.3, 0.4) is 0 Å². The van der Waals surface area contributed by atoms with Gasteiger partial charge >= 0.3 is 0 Å². The molecule has 1 atom stereocenters. The first kappa shape index (κ1) is 18.2. The number of piperazine rings is 1. The maximum Gasteiger partial charge on any atom is 0.239 e. The zero-order valence-corrected chi connectivity index (χ0v) is 13.1. The molecule has 0 aromatic heterocycles. The average molecular weight is 292 g/mol. The van der Waals surface area contributed by atoms with E-state index < -0.39 is 6.04 Å². The summed E-state index contributed by atoms with van der Waals surface area (Å²) in [6.07, 6.45) is 0. The first-order valence-corrected chi connectivity index (χ1v) is 6.67. The summed E-state index contributed by atoms with van der Waals surface area (Å²) in [6.45, 7) is 10.1. The maximum atomic E-state index is 12.0. The highest BCUT2D eigenvalue weighted by Gasteiger charge is 2.28. The summed E-state index contributed by atoms with van der Waals surface area (Å²) in [5, 5.41) is 0. The van der Waals surface area contributed by atoms with Crippen LogP contribution in [0.25, 0.3) is 0 Å². The Morgan fingerprint density at radius 2 is 1.26 bits per heavy atom. The van der Waals surface area contributed by atoms with E-state index in [2.05, 4.69) is 0 Å². The van der Waals surface area contributed by atoms with Crippen LogP contribution in [0.15, 0.2) is 0 Å². The summed E-state index contributed by atoms with van der Waals surface area (Å²) in [5.41, 5.74) is 5.86. The molecule has 2 amide bonds. The molecule has 112 valence electrons. The molecule has 1 aliphatic rings. The summed E-state index contributed by atoms with van der Waals surface area (Å²) < 4.78 is 0. The zero-order valence-electron chi connectivity index (χ0n) is 12.3. The van der Waals surface area contributed by atoms with E-state index in [0.29, 0.717) is 26.2 Å². The second kappa shape index (κ2) is 7.70. The fourth-order valence-electron chi connectivity index (χ4n) is 2.01. The molecule has 0 unspecified atom stereocenters. The maximum absolute atomic E-state index is 12.0. The molecular formula is C13H26ClN3O2. The van der Waals surface area contributed by atoms with Crippen LogP contribution in [0.1, 0.15) is 27.7 Å². The number of carbonyl (C=O) groups excluding carboxylic acids is 2. The molecule has 1 fully saturated rings. The Hall–Kier alpha value is -0.810. The topological polar surface area (TPSA) is 66.6 Å². The van der Waals surface area contributed by atoms with Crippen molar-refractivity contribution in [1.82, 2.24) is 9.80 Å². The van der Waals surface area contributed by atoms with Crippen molar-refractivity contribution < 1.29 is 9.59 Å². The van der Waals surface area contributed by atoms with E-state index in [1.807, 2.05) is 32.6 Å². The average Bonchev–Trinajstić information content (AvgIpc) is 2.36. The molecule has 0 spiro atoms. The number of hydrogen-bond acceptors (Lipinski definition) is 3. The SMILES string of the molecule is CC(C)C(=O)N1CCN(C(=O)[C@@H](N)C(C)C)CC1.Cl. The van der Waals surface area contributed by atoms with Crippen molar-refractivity contribution in [3.63, 3.8) is 0 Å². The third kappa shape index (κ3) is 4.66. The van der Waals surface area contributed by atoms with Crippen LogP contribution in [0.5, 0.6) is 0 Å². The van der Waals surface area contributed by atoms with Gasteiger partial charge in [0.2, 0.25) is 11.8 Å². The molecule has 2 N–H and O–H groups in total. The van der Waals surface area contributed by atoms with Crippen LogP contribution in [0, 0.1) is 11.8 Å². The number of halogens is 1. The number of amides is 2. The zero-order chi connectivity index (χ0) is 13.9. The Morgan fingerprint density at radius 1 is 0.895 bits per heavy atom. The molecule has 0 aromatic carbocycles. The van der Waals surface area contributed by atoms with E-state index >= 15 is 0 Å². The van der Waals surface area contributed by atoms with Gasteiger partial charge in [0.1, 0.15) is 0 Å². The van der Waals surface area contributed by atoms with Gasteiger partial charge in [0.15, 0.2) is 0 Å². The van der Waals surface area contributed by atoms with Gasteiger partial charge in [0, 0.05) is 32.1 Å². The van der Waals surface area contributed by atoms with Crippen LogP contribution >= 0.6 is 12.4 Å². The van der Waals surface area contributed by atoms with Crippen molar-refractivity contribution in [2.75, 3.05) is 26.2 Å². The number of nitrogens with two attached hydrogens (primary N) is 1. The lowest BCUT2D eigenvalue weighted by Crippen LogP contribution is -2.55. The van der Waals surface area contributed by atoms with E-state index in [4.69, 9.17) is 5.73 Å². The molecule has 5 nitrogen and oxygen atoms in total. The van der Waals surface area contributed by atoms with Crippen LogP contribution in [-0.2, 0) is 9.59 Å². The molecule has 1 rings (SSSR count). The second-order valence-electron chi connectivity index (χ2n) is 5.58. The molecule has 6 heteroatoms. The highest BCUT2D eigenvalue weighted by molar-refractivity contribution is 5.85. The van der Waals surface area contributed by atoms with Crippen LogP contribution in [0.4, 0.5) is 0 Å². The van der Waals surface area contributed by atoms with Gasteiger partial charge in [-0.25, -0.2) is 0 Å². The number of carbonyl (C=O) groups is 2. The summed E-state index contributed by atoms with van der Waals surface area (Å²) in [7, 11) is 0. The number of rotatable bonds is 3. The molecule has 0 aliphatic carbocycles. The van der Waals surface area contributed by atoms with Crippen molar-refractivity contribution in [2.45, 2.75) is 33.7 Å². The molecular weight excluding hydrogens is 266 g/mol. The normalized spacial score (nSPS) is 17.4. The second-order valence-corrected chi connectivity index (χ2v) is 5.58. The molecule has 1 heterocycles. The standard InChI is InChI=1S/C13H25N3O2.ClH/c1-9(2)11(14)13(18)16-7-5-15(6-8-16)12(17)10(3)4;/h9-11H,5-8,14H2,1-4H3;1H/t11-;/m0./s1. The van der Waals surface area contributed by atoms with Crippen LogP contribution in [0.2, 0.25) is 0 Å². The van der Waals surface area contributed by atoms with Gasteiger partial charge in [0.05, 0.1) is 6.04 Å². The quantitative estimate of drug-likeness (QED) is 0.833. The third-order valence-corrected chi connectivity index (χ3v) is 3.40. The summed E-state index contributed by atoms with van der Waals surface area (Å²) in [4.78, 5) is 27.5. The summed E-state index contributed by atoms with van der Waals surface area (Å²) in [5.74, 6) is 0.329. The Kier molecular flexibility index (Phi) is 7.37.